The van der Waals surface area contributed by atoms with Crippen molar-refractivity contribution in [2.75, 3.05) is 19.4 Å². The lowest BCUT2D eigenvalue weighted by atomic mass is 10.1. The Bertz CT molecular complexity index is 568. The van der Waals surface area contributed by atoms with Crippen molar-refractivity contribution in [2.45, 2.75) is 0 Å². The smallest absolute Gasteiger partial charge is 0.333 e. The maximum absolute atomic E-state index is 12.1. The number of amides is 1. The Morgan fingerprint density at radius 3 is 2.70 bits per heavy atom. The molecule has 1 saturated heterocycles. The Balaban J connectivity index is 2.14. The van der Waals surface area contributed by atoms with Crippen molar-refractivity contribution in [2.24, 2.45) is 0 Å². The van der Waals surface area contributed by atoms with Crippen molar-refractivity contribution < 1.29 is 19.1 Å². The molecule has 0 saturated carbocycles. The number of ketones is 1. The average Bonchev–Trinajstić information content (AvgIpc) is 2.81. The number of carbonyl (C=O) groups excluding carboxylic acids is 3. The van der Waals surface area contributed by atoms with Gasteiger partial charge in [-0.25, -0.2) is 4.79 Å². The molecule has 0 radical (unpaired) electrons. The van der Waals surface area contributed by atoms with Crippen LogP contribution in [0.1, 0.15) is 10.4 Å². The van der Waals surface area contributed by atoms with Crippen LogP contribution < -0.4 is 0 Å². The average molecular weight is 291 g/mol. The molecule has 2 rings (SSSR count). The SMILES string of the molecule is COC(=O)/C=C1/SCC(=O)N1CC(=O)c1ccccc1. The molecule has 104 valence electrons. The molecule has 0 unspecified atom stereocenters. The summed E-state index contributed by atoms with van der Waals surface area (Å²) in [5, 5.41) is 0.450. The summed E-state index contributed by atoms with van der Waals surface area (Å²) in [7, 11) is 1.26. The van der Waals surface area contributed by atoms with Gasteiger partial charge in [-0.15, -0.1) is 0 Å². The third-order valence-corrected chi connectivity index (χ3v) is 3.78. The highest BCUT2D eigenvalue weighted by Crippen LogP contribution is 2.28. The molecule has 0 aliphatic carbocycles. The Labute approximate surface area is 120 Å². The van der Waals surface area contributed by atoms with Crippen LogP contribution in [0.3, 0.4) is 0 Å². The van der Waals surface area contributed by atoms with Gasteiger partial charge >= 0.3 is 5.97 Å². The van der Waals surface area contributed by atoms with Gasteiger partial charge in [0.1, 0.15) is 0 Å². The van der Waals surface area contributed by atoms with E-state index in [0.717, 1.165) is 0 Å². The van der Waals surface area contributed by atoms with E-state index in [9.17, 15) is 14.4 Å². The lowest BCUT2D eigenvalue weighted by molar-refractivity contribution is -0.134. The van der Waals surface area contributed by atoms with Gasteiger partial charge in [0, 0.05) is 5.56 Å². The molecular formula is C14H13NO4S. The summed E-state index contributed by atoms with van der Waals surface area (Å²) in [6.45, 7) is -0.0708. The fourth-order valence-electron chi connectivity index (χ4n) is 1.72. The predicted molar refractivity (Wildman–Crippen MR) is 75.0 cm³/mol. The molecule has 1 aliphatic heterocycles. The van der Waals surface area contributed by atoms with Crippen LogP contribution >= 0.6 is 11.8 Å². The molecular weight excluding hydrogens is 278 g/mol. The van der Waals surface area contributed by atoms with Gasteiger partial charge in [-0.1, -0.05) is 42.1 Å². The number of ether oxygens (including phenoxy) is 1. The zero-order chi connectivity index (χ0) is 14.5. The molecule has 0 aromatic heterocycles. The largest absolute Gasteiger partial charge is 0.466 e. The van der Waals surface area contributed by atoms with Crippen LogP contribution in [0, 0.1) is 0 Å². The van der Waals surface area contributed by atoms with Crippen LogP contribution in [0.4, 0.5) is 0 Å². The van der Waals surface area contributed by atoms with Crippen molar-refractivity contribution in [3.8, 4) is 0 Å². The monoisotopic (exact) mass is 291 g/mol. The Morgan fingerprint density at radius 1 is 1.35 bits per heavy atom. The number of hydrogen-bond donors (Lipinski definition) is 0. The third-order valence-electron chi connectivity index (χ3n) is 2.75. The summed E-state index contributed by atoms with van der Waals surface area (Å²) in [5.74, 6) is -0.670. The lowest BCUT2D eigenvalue weighted by Gasteiger charge is -2.15. The second-order valence-electron chi connectivity index (χ2n) is 4.06. The number of methoxy groups -OCH3 is 1. The summed E-state index contributed by atoms with van der Waals surface area (Å²) in [6.07, 6.45) is 1.23. The van der Waals surface area contributed by atoms with Crippen LogP contribution in [0.2, 0.25) is 0 Å². The fraction of sp³-hybridized carbons (Fsp3) is 0.214. The fourth-order valence-corrected chi connectivity index (χ4v) is 2.65. The minimum atomic E-state index is -0.542. The van der Waals surface area contributed by atoms with Gasteiger partial charge in [-0.2, -0.15) is 0 Å². The number of benzene rings is 1. The number of rotatable bonds is 4. The van der Waals surface area contributed by atoms with E-state index in [1.165, 1.54) is 29.8 Å². The summed E-state index contributed by atoms with van der Waals surface area (Å²) < 4.78 is 4.53. The minimum absolute atomic E-state index is 0.0708. The maximum atomic E-state index is 12.1. The van der Waals surface area contributed by atoms with E-state index in [1.807, 2.05) is 6.07 Å². The highest BCUT2D eigenvalue weighted by Gasteiger charge is 2.29. The van der Waals surface area contributed by atoms with Crippen LogP contribution in [-0.2, 0) is 14.3 Å². The quantitative estimate of drug-likeness (QED) is 0.477. The molecule has 0 bridgehead atoms. The van der Waals surface area contributed by atoms with Gasteiger partial charge in [-0.3, -0.25) is 14.5 Å². The van der Waals surface area contributed by atoms with Crippen molar-refractivity contribution in [3.63, 3.8) is 0 Å². The maximum Gasteiger partial charge on any atom is 0.333 e. The normalized spacial score (nSPS) is 16.6. The summed E-state index contributed by atoms with van der Waals surface area (Å²) in [4.78, 5) is 36.4. The van der Waals surface area contributed by atoms with E-state index in [4.69, 9.17) is 0 Å². The molecule has 1 aliphatic rings. The van der Waals surface area contributed by atoms with Gasteiger partial charge in [-0.05, 0) is 0 Å². The first-order valence-electron chi connectivity index (χ1n) is 5.93. The zero-order valence-corrected chi connectivity index (χ0v) is 11.7. The number of Topliss-reactive ketones (excluding diaryl/α,β-unsaturated/α-hetero) is 1. The molecule has 6 heteroatoms. The second kappa shape index (κ2) is 6.38. The van der Waals surface area contributed by atoms with Crippen LogP contribution in [0.15, 0.2) is 41.4 Å². The first kappa shape index (κ1) is 14.3. The van der Waals surface area contributed by atoms with E-state index in [0.29, 0.717) is 10.6 Å². The molecule has 1 aromatic rings. The standard InChI is InChI=1S/C14H13NO4S/c1-19-14(18)7-13-15(12(17)9-20-13)8-11(16)10-5-3-2-4-6-10/h2-7H,8-9H2,1H3/b13-7+. The second-order valence-corrected chi connectivity index (χ2v) is 5.06. The number of hydrogen-bond acceptors (Lipinski definition) is 5. The number of thioether (sulfide) groups is 1. The molecule has 1 amide bonds. The van der Waals surface area contributed by atoms with E-state index in [1.54, 1.807) is 24.3 Å². The first-order valence-corrected chi connectivity index (χ1v) is 6.91. The summed E-state index contributed by atoms with van der Waals surface area (Å²) in [5.41, 5.74) is 0.537. The Morgan fingerprint density at radius 2 is 2.05 bits per heavy atom. The predicted octanol–water partition coefficient (Wildman–Crippen LogP) is 1.46. The van der Waals surface area contributed by atoms with Crippen molar-refractivity contribution in [1.82, 2.24) is 4.90 Å². The Hall–Kier alpha value is -2.08. The number of esters is 1. The highest BCUT2D eigenvalue weighted by atomic mass is 32.2. The van der Waals surface area contributed by atoms with Gasteiger partial charge < -0.3 is 4.74 Å². The van der Waals surface area contributed by atoms with E-state index >= 15 is 0 Å². The molecule has 0 spiro atoms. The Kier molecular flexibility index (Phi) is 4.57. The minimum Gasteiger partial charge on any atom is -0.466 e. The molecule has 1 fully saturated rings. The number of carbonyl (C=O) groups is 3. The van der Waals surface area contributed by atoms with Gasteiger partial charge in [0.15, 0.2) is 5.78 Å². The van der Waals surface area contributed by atoms with Gasteiger partial charge in [0.2, 0.25) is 5.91 Å². The van der Waals surface area contributed by atoms with Crippen LogP contribution in [0.25, 0.3) is 0 Å². The topological polar surface area (TPSA) is 63.7 Å². The highest BCUT2D eigenvalue weighted by molar-refractivity contribution is 8.04. The van der Waals surface area contributed by atoms with Crippen molar-refractivity contribution in [3.05, 3.63) is 47.0 Å². The van der Waals surface area contributed by atoms with Gasteiger partial charge in [0.25, 0.3) is 0 Å². The first-order chi connectivity index (χ1) is 9.61. The lowest BCUT2D eigenvalue weighted by Crippen LogP contribution is -2.30. The molecule has 1 heterocycles. The van der Waals surface area contributed by atoms with Crippen molar-refractivity contribution >= 4 is 29.4 Å². The molecule has 5 nitrogen and oxygen atoms in total. The van der Waals surface area contributed by atoms with E-state index in [2.05, 4.69) is 4.74 Å². The molecule has 20 heavy (non-hydrogen) atoms. The molecule has 0 N–H and O–H groups in total. The van der Waals surface area contributed by atoms with E-state index < -0.39 is 5.97 Å². The molecule has 1 aromatic carbocycles. The van der Waals surface area contributed by atoms with Gasteiger partial charge in [0.05, 0.1) is 30.5 Å². The molecule has 0 atom stereocenters. The van der Waals surface area contributed by atoms with Crippen molar-refractivity contribution in [1.29, 1.82) is 0 Å². The zero-order valence-electron chi connectivity index (χ0n) is 10.9. The van der Waals surface area contributed by atoms with Crippen LogP contribution in [-0.4, -0.2) is 42.0 Å². The number of nitrogens with zero attached hydrogens (tertiary/aromatic N) is 1. The third kappa shape index (κ3) is 3.27. The van der Waals surface area contributed by atoms with Crippen LogP contribution in [0.5, 0.6) is 0 Å². The van der Waals surface area contributed by atoms with E-state index in [-0.39, 0.29) is 24.0 Å². The summed E-state index contributed by atoms with van der Waals surface area (Å²) >= 11 is 1.22. The summed E-state index contributed by atoms with van der Waals surface area (Å²) in [6, 6.07) is 8.73.